The van der Waals surface area contributed by atoms with Crippen LogP contribution in [0, 0.1) is 12.8 Å². The monoisotopic (exact) mass is 252 g/mol. The average Bonchev–Trinajstić information content (AvgIpc) is 2.75. The Morgan fingerprint density at radius 3 is 2.72 bits per heavy atom. The number of furan rings is 1. The third kappa shape index (κ3) is 2.91. The number of anilines is 1. The van der Waals surface area contributed by atoms with Crippen LogP contribution in [0.15, 0.2) is 16.5 Å². The molecule has 1 fully saturated rings. The number of hydrogen-bond acceptors (Lipinski definition) is 4. The Morgan fingerprint density at radius 2 is 2.22 bits per heavy atom. The van der Waals surface area contributed by atoms with Crippen molar-refractivity contribution in [1.29, 1.82) is 0 Å². The summed E-state index contributed by atoms with van der Waals surface area (Å²) in [6.07, 6.45) is 2.78. The minimum absolute atomic E-state index is 0.0152. The molecule has 0 aliphatic heterocycles. The van der Waals surface area contributed by atoms with Gasteiger partial charge in [0.15, 0.2) is 5.88 Å². The van der Waals surface area contributed by atoms with E-state index in [1.54, 1.807) is 6.07 Å². The van der Waals surface area contributed by atoms with Crippen molar-refractivity contribution in [3.05, 3.63) is 17.9 Å². The summed E-state index contributed by atoms with van der Waals surface area (Å²) in [5.41, 5.74) is 5.47. The van der Waals surface area contributed by atoms with Crippen LogP contribution in [0.2, 0.25) is 0 Å². The SMILES string of the molecule is Cc1ccc(NC(=O)C2CCC(N)(CO)CC2)o1. The Balaban J connectivity index is 1.88. The van der Waals surface area contributed by atoms with Gasteiger partial charge >= 0.3 is 0 Å². The molecule has 18 heavy (non-hydrogen) atoms. The Labute approximate surface area is 106 Å². The van der Waals surface area contributed by atoms with E-state index in [1.807, 2.05) is 13.0 Å². The molecule has 1 aliphatic rings. The lowest BCUT2D eigenvalue weighted by molar-refractivity contribution is -0.121. The molecular weight excluding hydrogens is 232 g/mol. The molecule has 100 valence electrons. The number of rotatable bonds is 3. The molecule has 0 unspecified atom stereocenters. The quantitative estimate of drug-likeness (QED) is 0.758. The number of aliphatic hydroxyl groups excluding tert-OH is 1. The highest BCUT2D eigenvalue weighted by Gasteiger charge is 2.34. The van der Waals surface area contributed by atoms with Gasteiger partial charge in [-0.3, -0.25) is 10.1 Å². The number of nitrogens with two attached hydrogens (primary N) is 1. The van der Waals surface area contributed by atoms with Crippen LogP contribution in [0.4, 0.5) is 5.88 Å². The molecule has 1 aromatic rings. The van der Waals surface area contributed by atoms with Gasteiger partial charge in [-0.25, -0.2) is 0 Å². The van der Waals surface area contributed by atoms with Crippen molar-refractivity contribution in [2.24, 2.45) is 11.7 Å². The lowest BCUT2D eigenvalue weighted by atomic mass is 9.77. The molecule has 0 radical (unpaired) electrons. The van der Waals surface area contributed by atoms with E-state index in [9.17, 15) is 9.90 Å². The summed E-state index contributed by atoms with van der Waals surface area (Å²) >= 11 is 0. The maximum absolute atomic E-state index is 12.0. The number of carbonyl (C=O) groups excluding carboxylic acids is 1. The molecule has 1 heterocycles. The second kappa shape index (κ2) is 5.12. The molecule has 5 heteroatoms. The van der Waals surface area contributed by atoms with Crippen LogP contribution in [0.3, 0.4) is 0 Å². The first-order chi connectivity index (χ1) is 8.52. The predicted molar refractivity (Wildman–Crippen MR) is 68.0 cm³/mol. The molecule has 0 aromatic carbocycles. The highest BCUT2D eigenvalue weighted by atomic mass is 16.4. The lowest BCUT2D eigenvalue weighted by Gasteiger charge is -2.34. The van der Waals surface area contributed by atoms with Crippen LogP contribution in [0.5, 0.6) is 0 Å². The van der Waals surface area contributed by atoms with E-state index in [0.29, 0.717) is 31.6 Å². The van der Waals surface area contributed by atoms with Gasteiger partial charge in [-0.15, -0.1) is 0 Å². The first-order valence-electron chi connectivity index (χ1n) is 6.29. The molecule has 1 aromatic heterocycles. The summed E-state index contributed by atoms with van der Waals surface area (Å²) in [6, 6.07) is 3.56. The minimum Gasteiger partial charge on any atom is -0.446 e. The molecule has 0 saturated heterocycles. The summed E-state index contributed by atoms with van der Waals surface area (Å²) in [4.78, 5) is 12.0. The van der Waals surface area contributed by atoms with E-state index in [-0.39, 0.29) is 18.4 Å². The predicted octanol–water partition coefficient (Wildman–Crippen LogP) is 1.41. The smallest absolute Gasteiger partial charge is 0.229 e. The van der Waals surface area contributed by atoms with Crippen LogP contribution in [-0.2, 0) is 4.79 Å². The number of nitrogens with one attached hydrogen (secondary N) is 1. The molecule has 1 saturated carbocycles. The molecule has 1 aliphatic carbocycles. The van der Waals surface area contributed by atoms with Crippen molar-refractivity contribution in [3.63, 3.8) is 0 Å². The number of carbonyl (C=O) groups is 1. The van der Waals surface area contributed by atoms with Gasteiger partial charge in [-0.05, 0) is 38.7 Å². The Bertz CT molecular complexity index is 420. The maximum atomic E-state index is 12.0. The minimum atomic E-state index is -0.502. The summed E-state index contributed by atoms with van der Waals surface area (Å²) in [5, 5.41) is 11.9. The number of hydrogen-bond donors (Lipinski definition) is 3. The second-order valence-electron chi connectivity index (χ2n) is 5.19. The zero-order valence-corrected chi connectivity index (χ0v) is 10.6. The lowest BCUT2D eigenvalue weighted by Crippen LogP contribution is -2.47. The van der Waals surface area contributed by atoms with Gasteiger partial charge in [-0.1, -0.05) is 0 Å². The van der Waals surface area contributed by atoms with Crippen molar-refractivity contribution < 1.29 is 14.3 Å². The highest BCUT2D eigenvalue weighted by molar-refractivity contribution is 5.91. The molecule has 0 spiro atoms. The summed E-state index contributed by atoms with van der Waals surface area (Å²) in [6.45, 7) is 1.82. The fraction of sp³-hybridized carbons (Fsp3) is 0.615. The van der Waals surface area contributed by atoms with Crippen molar-refractivity contribution in [2.75, 3.05) is 11.9 Å². The van der Waals surface area contributed by atoms with Gasteiger partial charge in [0, 0.05) is 17.5 Å². The fourth-order valence-electron chi connectivity index (χ4n) is 2.34. The van der Waals surface area contributed by atoms with Crippen LogP contribution in [0.25, 0.3) is 0 Å². The van der Waals surface area contributed by atoms with Gasteiger partial charge in [0.2, 0.25) is 5.91 Å². The Morgan fingerprint density at radius 1 is 1.56 bits per heavy atom. The third-order valence-corrected chi connectivity index (χ3v) is 3.65. The Kier molecular flexibility index (Phi) is 3.73. The molecule has 4 N–H and O–H groups in total. The van der Waals surface area contributed by atoms with Gasteiger partial charge < -0.3 is 15.3 Å². The van der Waals surface area contributed by atoms with Crippen molar-refractivity contribution in [3.8, 4) is 0 Å². The van der Waals surface area contributed by atoms with E-state index in [4.69, 9.17) is 10.2 Å². The fourth-order valence-corrected chi connectivity index (χ4v) is 2.34. The second-order valence-corrected chi connectivity index (χ2v) is 5.19. The van der Waals surface area contributed by atoms with E-state index in [0.717, 1.165) is 5.76 Å². The topological polar surface area (TPSA) is 88.5 Å². The van der Waals surface area contributed by atoms with E-state index in [1.165, 1.54) is 0 Å². The Hall–Kier alpha value is -1.33. The van der Waals surface area contributed by atoms with Crippen LogP contribution in [0.1, 0.15) is 31.4 Å². The molecule has 5 nitrogen and oxygen atoms in total. The summed E-state index contributed by atoms with van der Waals surface area (Å²) < 4.78 is 5.31. The first-order valence-corrected chi connectivity index (χ1v) is 6.29. The average molecular weight is 252 g/mol. The summed E-state index contributed by atoms with van der Waals surface area (Å²) in [7, 11) is 0. The van der Waals surface area contributed by atoms with Gasteiger partial charge in [0.1, 0.15) is 5.76 Å². The van der Waals surface area contributed by atoms with Crippen molar-refractivity contribution in [2.45, 2.75) is 38.1 Å². The molecule has 1 amide bonds. The number of amides is 1. The maximum Gasteiger partial charge on any atom is 0.229 e. The van der Waals surface area contributed by atoms with Gasteiger partial charge in [0.25, 0.3) is 0 Å². The standard InChI is InChI=1S/C13H20N2O3/c1-9-2-3-11(18-9)15-12(17)10-4-6-13(14,8-16)7-5-10/h2-3,10,16H,4-8,14H2,1H3,(H,15,17). The highest BCUT2D eigenvalue weighted by Crippen LogP contribution is 2.31. The number of aliphatic hydroxyl groups is 1. The normalized spacial score (nSPS) is 28.1. The van der Waals surface area contributed by atoms with E-state index < -0.39 is 5.54 Å². The third-order valence-electron chi connectivity index (χ3n) is 3.65. The first kappa shape index (κ1) is 13.1. The summed E-state index contributed by atoms with van der Waals surface area (Å²) in [5.74, 6) is 1.20. The zero-order chi connectivity index (χ0) is 13.2. The largest absolute Gasteiger partial charge is 0.446 e. The van der Waals surface area contributed by atoms with E-state index >= 15 is 0 Å². The van der Waals surface area contributed by atoms with Crippen LogP contribution < -0.4 is 11.1 Å². The van der Waals surface area contributed by atoms with Gasteiger partial charge in [-0.2, -0.15) is 0 Å². The molecule has 0 atom stereocenters. The van der Waals surface area contributed by atoms with Crippen molar-refractivity contribution >= 4 is 11.8 Å². The molecule has 0 bridgehead atoms. The molecular formula is C13H20N2O3. The van der Waals surface area contributed by atoms with Crippen LogP contribution >= 0.6 is 0 Å². The van der Waals surface area contributed by atoms with Crippen LogP contribution in [-0.4, -0.2) is 23.2 Å². The number of aryl methyl sites for hydroxylation is 1. The van der Waals surface area contributed by atoms with Crippen molar-refractivity contribution in [1.82, 2.24) is 0 Å². The molecule has 2 rings (SSSR count). The van der Waals surface area contributed by atoms with E-state index in [2.05, 4.69) is 5.32 Å². The van der Waals surface area contributed by atoms with Gasteiger partial charge in [0.05, 0.1) is 6.61 Å². The zero-order valence-electron chi connectivity index (χ0n) is 10.6.